The molecule has 4 aliphatic rings. The van der Waals surface area contributed by atoms with Crippen LogP contribution >= 0.6 is 0 Å². The van der Waals surface area contributed by atoms with Gasteiger partial charge in [0, 0.05) is 19.1 Å². The van der Waals surface area contributed by atoms with Gasteiger partial charge in [0.25, 0.3) is 0 Å². The fraction of sp³-hybridized carbons (Fsp3) is 0.696. The molecule has 0 aromatic heterocycles. The Morgan fingerprint density at radius 1 is 0.931 bits per heavy atom. The van der Waals surface area contributed by atoms with Crippen LogP contribution in [0.5, 0.6) is 11.5 Å². The monoisotopic (exact) mass is 399 g/mol. The fourth-order valence-corrected chi connectivity index (χ4v) is 5.54. The van der Waals surface area contributed by atoms with E-state index in [1.54, 1.807) is 0 Å². The van der Waals surface area contributed by atoms with Gasteiger partial charge in [-0.2, -0.15) is 0 Å². The number of fused-ring (bicyclic) bond motifs is 1. The Morgan fingerprint density at radius 3 is 2.59 bits per heavy atom. The minimum absolute atomic E-state index is 0.164. The van der Waals surface area contributed by atoms with Crippen LogP contribution in [-0.4, -0.2) is 79.1 Å². The van der Waals surface area contributed by atoms with E-state index in [0.717, 1.165) is 44.0 Å². The second-order valence-corrected chi connectivity index (χ2v) is 8.92. The predicted molar refractivity (Wildman–Crippen MR) is 111 cm³/mol. The molecule has 5 rings (SSSR count). The average molecular weight is 400 g/mol. The Labute approximate surface area is 173 Å². The van der Waals surface area contributed by atoms with Crippen LogP contribution in [0.25, 0.3) is 0 Å². The number of nitrogens with zero attached hydrogens (tertiary/aromatic N) is 3. The Kier molecular flexibility index (Phi) is 5.64. The standard InChI is InChI=1S/C23H33N3O3/c27-23(17-24-9-3-5-19(16-24)25-10-1-2-11-25)26-12-4-6-20(26)18-7-8-21-22(15-18)29-14-13-28-21/h7-8,15,19-20H,1-6,9-14,16-17H2. The van der Waals surface area contributed by atoms with Crippen LogP contribution in [0.3, 0.4) is 0 Å². The molecule has 1 aromatic carbocycles. The van der Waals surface area contributed by atoms with E-state index in [0.29, 0.717) is 25.8 Å². The summed E-state index contributed by atoms with van der Waals surface area (Å²) in [6.07, 6.45) is 7.26. The normalized spacial score (nSPS) is 28.1. The third-order valence-corrected chi connectivity index (χ3v) is 7.02. The van der Waals surface area contributed by atoms with Crippen molar-refractivity contribution in [1.82, 2.24) is 14.7 Å². The van der Waals surface area contributed by atoms with Gasteiger partial charge >= 0.3 is 0 Å². The minimum atomic E-state index is 0.164. The Hall–Kier alpha value is -1.79. The quantitative estimate of drug-likeness (QED) is 0.779. The maximum Gasteiger partial charge on any atom is 0.237 e. The Bertz CT molecular complexity index is 734. The molecule has 3 fully saturated rings. The summed E-state index contributed by atoms with van der Waals surface area (Å²) in [4.78, 5) is 20.4. The van der Waals surface area contributed by atoms with Crippen molar-refractivity contribution in [3.63, 3.8) is 0 Å². The molecule has 0 N–H and O–H groups in total. The number of rotatable bonds is 4. The van der Waals surface area contributed by atoms with Crippen molar-refractivity contribution >= 4 is 5.91 Å². The lowest BCUT2D eigenvalue weighted by atomic mass is 10.0. The second kappa shape index (κ2) is 8.52. The molecule has 0 saturated carbocycles. The maximum atomic E-state index is 13.2. The zero-order valence-electron chi connectivity index (χ0n) is 17.4. The van der Waals surface area contributed by atoms with Gasteiger partial charge in [-0.05, 0) is 75.9 Å². The third kappa shape index (κ3) is 4.10. The summed E-state index contributed by atoms with van der Waals surface area (Å²) in [7, 11) is 0. The number of hydrogen-bond acceptors (Lipinski definition) is 5. The molecule has 6 heteroatoms. The molecule has 3 saturated heterocycles. The average Bonchev–Trinajstić information content (AvgIpc) is 3.46. The van der Waals surface area contributed by atoms with E-state index in [1.807, 2.05) is 6.07 Å². The molecular weight excluding hydrogens is 366 g/mol. The predicted octanol–water partition coefficient (Wildman–Crippen LogP) is 2.68. The highest BCUT2D eigenvalue weighted by Gasteiger charge is 2.33. The fourth-order valence-electron chi connectivity index (χ4n) is 5.54. The van der Waals surface area contributed by atoms with Gasteiger partial charge in [-0.1, -0.05) is 6.07 Å². The van der Waals surface area contributed by atoms with Crippen molar-refractivity contribution < 1.29 is 14.3 Å². The zero-order chi connectivity index (χ0) is 19.6. The lowest BCUT2D eigenvalue weighted by Crippen LogP contribution is -2.50. The summed E-state index contributed by atoms with van der Waals surface area (Å²) >= 11 is 0. The van der Waals surface area contributed by atoms with Crippen molar-refractivity contribution in [2.45, 2.75) is 50.6 Å². The highest BCUT2D eigenvalue weighted by Crippen LogP contribution is 2.38. The maximum absolute atomic E-state index is 13.2. The van der Waals surface area contributed by atoms with Crippen LogP contribution in [0.1, 0.15) is 50.1 Å². The third-order valence-electron chi connectivity index (χ3n) is 7.02. The first kappa shape index (κ1) is 19.2. The van der Waals surface area contributed by atoms with Gasteiger partial charge in [-0.15, -0.1) is 0 Å². The van der Waals surface area contributed by atoms with Crippen LogP contribution in [0, 0.1) is 0 Å². The van der Waals surface area contributed by atoms with Gasteiger partial charge in [0.2, 0.25) is 5.91 Å². The van der Waals surface area contributed by atoms with Gasteiger partial charge in [0.15, 0.2) is 11.5 Å². The summed E-state index contributed by atoms with van der Waals surface area (Å²) in [5.74, 6) is 1.92. The summed E-state index contributed by atoms with van der Waals surface area (Å²) in [5.41, 5.74) is 1.17. The number of ether oxygens (including phenoxy) is 2. The molecular formula is C23H33N3O3. The smallest absolute Gasteiger partial charge is 0.237 e. The molecule has 6 nitrogen and oxygen atoms in total. The second-order valence-electron chi connectivity index (χ2n) is 8.92. The van der Waals surface area contributed by atoms with Crippen LogP contribution in [0.4, 0.5) is 0 Å². The van der Waals surface area contributed by atoms with Crippen LogP contribution in [-0.2, 0) is 4.79 Å². The summed E-state index contributed by atoms with van der Waals surface area (Å²) in [5, 5.41) is 0. The number of piperidine rings is 1. The molecule has 29 heavy (non-hydrogen) atoms. The van der Waals surface area contributed by atoms with Crippen LogP contribution in [0.15, 0.2) is 18.2 Å². The molecule has 1 amide bonds. The van der Waals surface area contributed by atoms with Gasteiger partial charge in [-0.3, -0.25) is 14.6 Å². The molecule has 1 aromatic rings. The summed E-state index contributed by atoms with van der Waals surface area (Å²) < 4.78 is 11.4. The molecule has 2 unspecified atom stereocenters. The SMILES string of the molecule is O=C(CN1CCCC(N2CCCC2)C1)N1CCCC1c1ccc2c(c1)OCCO2. The highest BCUT2D eigenvalue weighted by atomic mass is 16.6. The van der Waals surface area contributed by atoms with Crippen LogP contribution < -0.4 is 9.47 Å². The summed E-state index contributed by atoms with van der Waals surface area (Å²) in [6.45, 7) is 7.21. The van der Waals surface area contributed by atoms with Gasteiger partial charge in [0.05, 0.1) is 12.6 Å². The first-order valence-electron chi connectivity index (χ1n) is 11.4. The molecule has 4 heterocycles. The van der Waals surface area contributed by atoms with E-state index >= 15 is 0 Å². The van der Waals surface area contributed by atoms with Crippen molar-refractivity contribution in [3.05, 3.63) is 23.8 Å². The molecule has 2 atom stereocenters. The number of likely N-dealkylation sites (tertiary alicyclic amines) is 3. The molecule has 0 aliphatic carbocycles. The molecule has 0 spiro atoms. The van der Waals surface area contributed by atoms with Crippen molar-refractivity contribution in [2.24, 2.45) is 0 Å². The largest absolute Gasteiger partial charge is 0.486 e. The Morgan fingerprint density at radius 2 is 1.72 bits per heavy atom. The zero-order valence-corrected chi connectivity index (χ0v) is 17.4. The number of hydrogen-bond donors (Lipinski definition) is 0. The Balaban J connectivity index is 1.23. The van der Waals surface area contributed by atoms with Gasteiger partial charge in [-0.25, -0.2) is 0 Å². The molecule has 0 radical (unpaired) electrons. The van der Waals surface area contributed by atoms with E-state index in [9.17, 15) is 4.79 Å². The van der Waals surface area contributed by atoms with E-state index in [-0.39, 0.29) is 11.9 Å². The molecule has 0 bridgehead atoms. The molecule has 158 valence electrons. The number of amides is 1. The van der Waals surface area contributed by atoms with E-state index in [4.69, 9.17) is 9.47 Å². The number of benzene rings is 1. The highest BCUT2D eigenvalue weighted by molar-refractivity contribution is 5.79. The topological polar surface area (TPSA) is 45.3 Å². The lowest BCUT2D eigenvalue weighted by molar-refractivity contribution is -0.133. The first-order valence-corrected chi connectivity index (χ1v) is 11.4. The van der Waals surface area contributed by atoms with Crippen molar-refractivity contribution in [1.29, 1.82) is 0 Å². The van der Waals surface area contributed by atoms with E-state index in [2.05, 4.69) is 26.8 Å². The number of carbonyl (C=O) groups is 1. The van der Waals surface area contributed by atoms with Crippen molar-refractivity contribution in [3.8, 4) is 11.5 Å². The lowest BCUT2D eigenvalue weighted by Gasteiger charge is -2.38. The van der Waals surface area contributed by atoms with E-state index in [1.165, 1.54) is 44.3 Å². The van der Waals surface area contributed by atoms with Gasteiger partial charge in [0.1, 0.15) is 13.2 Å². The van der Waals surface area contributed by atoms with E-state index < -0.39 is 0 Å². The molecule has 4 aliphatic heterocycles. The number of carbonyl (C=O) groups excluding carboxylic acids is 1. The van der Waals surface area contributed by atoms with Gasteiger partial charge < -0.3 is 14.4 Å². The van der Waals surface area contributed by atoms with Crippen LogP contribution in [0.2, 0.25) is 0 Å². The summed E-state index contributed by atoms with van der Waals surface area (Å²) in [6, 6.07) is 6.99. The minimum Gasteiger partial charge on any atom is -0.486 e. The first-order chi connectivity index (χ1) is 14.3. The van der Waals surface area contributed by atoms with Crippen molar-refractivity contribution in [2.75, 3.05) is 52.5 Å².